The van der Waals surface area contributed by atoms with E-state index in [4.69, 9.17) is 0 Å². The Kier molecular flexibility index (Phi) is 2.62. The van der Waals surface area contributed by atoms with E-state index in [9.17, 15) is 0 Å². The van der Waals surface area contributed by atoms with Crippen LogP contribution in [0.2, 0.25) is 0 Å². The van der Waals surface area contributed by atoms with Gasteiger partial charge >= 0.3 is 0 Å². The zero-order valence-corrected chi connectivity index (χ0v) is 8.22. The molecule has 0 atom stereocenters. The second kappa shape index (κ2) is 4.09. The molecule has 0 aliphatic heterocycles. The van der Waals surface area contributed by atoms with E-state index in [0.717, 1.165) is 30.4 Å². The molecular formula is C10H13N4. The average Bonchev–Trinajstić information content (AvgIpc) is 2.63. The molecule has 0 saturated heterocycles. The predicted molar refractivity (Wildman–Crippen MR) is 54.8 cm³/mol. The number of rotatable bonds is 4. The molecule has 0 saturated carbocycles. The van der Waals surface area contributed by atoms with Gasteiger partial charge in [0.25, 0.3) is 0 Å². The van der Waals surface area contributed by atoms with E-state index in [1.165, 1.54) is 0 Å². The minimum atomic E-state index is 0.809. The molecule has 0 unspecified atom stereocenters. The first-order valence-electron chi connectivity index (χ1n) is 4.90. The number of benzene rings is 1. The lowest BCUT2D eigenvalue weighted by molar-refractivity contribution is 0.494. The maximum Gasteiger partial charge on any atom is 0.115 e. The molecule has 1 aromatic heterocycles. The van der Waals surface area contributed by atoms with Gasteiger partial charge in [-0.1, -0.05) is 25.5 Å². The van der Waals surface area contributed by atoms with Crippen molar-refractivity contribution in [1.82, 2.24) is 20.5 Å². The van der Waals surface area contributed by atoms with E-state index >= 15 is 0 Å². The van der Waals surface area contributed by atoms with E-state index < -0.39 is 0 Å². The predicted octanol–water partition coefficient (Wildman–Crippen LogP) is 1.60. The van der Waals surface area contributed by atoms with Gasteiger partial charge in [0, 0.05) is 0 Å². The van der Waals surface area contributed by atoms with Crippen LogP contribution in [0.4, 0.5) is 0 Å². The molecule has 1 radical (unpaired) electrons. The molecule has 0 aliphatic carbocycles. The molecule has 73 valence electrons. The summed E-state index contributed by atoms with van der Waals surface area (Å²) in [7, 11) is 0. The fraction of sp³-hybridized carbons (Fsp3) is 0.400. The van der Waals surface area contributed by atoms with Gasteiger partial charge in [0.1, 0.15) is 11.0 Å². The van der Waals surface area contributed by atoms with Crippen molar-refractivity contribution in [3.8, 4) is 0 Å². The molecule has 1 aromatic carbocycles. The summed E-state index contributed by atoms with van der Waals surface area (Å²) in [5, 5.41) is 7.98. The van der Waals surface area contributed by atoms with E-state index in [2.05, 4.69) is 22.7 Å². The van der Waals surface area contributed by atoms with Crippen LogP contribution in [-0.4, -0.2) is 21.6 Å². The molecule has 14 heavy (non-hydrogen) atoms. The van der Waals surface area contributed by atoms with Crippen LogP contribution in [0.3, 0.4) is 0 Å². The maximum absolute atomic E-state index is 4.33. The molecule has 2 aromatic rings. The van der Waals surface area contributed by atoms with Gasteiger partial charge in [-0.25, -0.2) is 0 Å². The van der Waals surface area contributed by atoms with Gasteiger partial charge < -0.3 is 0 Å². The average molecular weight is 189 g/mol. The monoisotopic (exact) mass is 189 g/mol. The van der Waals surface area contributed by atoms with Crippen molar-refractivity contribution in [2.24, 2.45) is 0 Å². The summed E-state index contributed by atoms with van der Waals surface area (Å²) >= 11 is 0. The number of para-hydroxylation sites is 1. The zero-order valence-electron chi connectivity index (χ0n) is 8.22. The van der Waals surface area contributed by atoms with Crippen LogP contribution in [0.15, 0.2) is 24.3 Å². The van der Waals surface area contributed by atoms with Crippen LogP contribution in [0.5, 0.6) is 0 Å². The van der Waals surface area contributed by atoms with E-state index in [-0.39, 0.29) is 0 Å². The molecule has 4 heteroatoms. The summed E-state index contributed by atoms with van der Waals surface area (Å²) in [6.45, 7) is 2.96. The van der Waals surface area contributed by atoms with Gasteiger partial charge in [0.05, 0.1) is 6.54 Å². The van der Waals surface area contributed by atoms with E-state index in [1.807, 2.05) is 24.3 Å². The molecule has 0 N–H and O–H groups in total. The highest BCUT2D eigenvalue weighted by atomic mass is 15.6. The fourth-order valence-electron chi connectivity index (χ4n) is 1.28. The summed E-state index contributed by atoms with van der Waals surface area (Å²) in [4.78, 5) is 1.62. The molecule has 0 fully saturated rings. The first kappa shape index (κ1) is 8.99. The molecule has 0 aliphatic rings. The van der Waals surface area contributed by atoms with Gasteiger partial charge in [-0.3, -0.25) is 0 Å². The van der Waals surface area contributed by atoms with Crippen molar-refractivity contribution in [2.75, 3.05) is 6.54 Å². The number of unbranched alkanes of at least 4 members (excludes halogenated alkanes) is 1. The molecule has 1 heterocycles. The second-order valence-electron chi connectivity index (χ2n) is 3.19. The van der Waals surface area contributed by atoms with E-state index in [0.29, 0.717) is 0 Å². The number of nitrogens with zero attached hydrogens (tertiary/aromatic N) is 4. The summed E-state index contributed by atoms with van der Waals surface area (Å²) < 4.78 is 0. The molecule has 0 amide bonds. The SMILES string of the molecule is CCCC[N]n1nnc2ccccc21. The first-order valence-corrected chi connectivity index (χ1v) is 4.90. The number of fused-ring (bicyclic) bond motifs is 1. The lowest BCUT2D eigenvalue weighted by atomic mass is 10.3. The van der Waals surface area contributed by atoms with Gasteiger partial charge in [0.15, 0.2) is 0 Å². The van der Waals surface area contributed by atoms with Crippen LogP contribution in [0.25, 0.3) is 11.0 Å². The number of hydrogen-bond donors (Lipinski definition) is 0. The lowest BCUT2D eigenvalue weighted by Gasteiger charge is -2.00. The quantitative estimate of drug-likeness (QED) is 0.686. The summed E-state index contributed by atoms with van der Waals surface area (Å²) in [6, 6.07) is 7.84. The third-order valence-electron chi connectivity index (χ3n) is 2.08. The van der Waals surface area contributed by atoms with Crippen LogP contribution in [-0.2, 0) is 0 Å². The lowest BCUT2D eigenvalue weighted by Crippen LogP contribution is -2.15. The maximum atomic E-state index is 4.33. The Morgan fingerprint density at radius 1 is 1.36 bits per heavy atom. The number of hydrogen-bond acceptors (Lipinski definition) is 2. The van der Waals surface area contributed by atoms with Gasteiger partial charge in [-0.15, -0.1) is 9.89 Å². The topological polar surface area (TPSA) is 44.8 Å². The molecule has 2 rings (SSSR count). The van der Waals surface area contributed by atoms with Crippen LogP contribution in [0, 0.1) is 0 Å². The van der Waals surface area contributed by atoms with Crippen LogP contribution < -0.4 is 5.43 Å². The first-order chi connectivity index (χ1) is 6.92. The number of aromatic nitrogens is 3. The Labute approximate surface area is 82.9 Å². The van der Waals surface area contributed by atoms with Crippen molar-refractivity contribution in [2.45, 2.75) is 19.8 Å². The smallest absolute Gasteiger partial charge is 0.115 e. The van der Waals surface area contributed by atoms with Crippen molar-refractivity contribution >= 4 is 11.0 Å². The molecule has 4 nitrogen and oxygen atoms in total. The zero-order chi connectivity index (χ0) is 9.80. The normalized spacial score (nSPS) is 10.6. The Bertz CT molecular complexity index is 407. The van der Waals surface area contributed by atoms with Gasteiger partial charge in [0.2, 0.25) is 0 Å². The Morgan fingerprint density at radius 2 is 2.21 bits per heavy atom. The minimum absolute atomic E-state index is 0.809. The van der Waals surface area contributed by atoms with Crippen LogP contribution >= 0.6 is 0 Å². The Hall–Kier alpha value is -1.58. The van der Waals surface area contributed by atoms with Crippen molar-refractivity contribution < 1.29 is 0 Å². The van der Waals surface area contributed by atoms with Crippen LogP contribution in [0.1, 0.15) is 19.8 Å². The molecule has 0 bridgehead atoms. The highest BCUT2D eigenvalue weighted by molar-refractivity contribution is 5.73. The third kappa shape index (κ3) is 1.69. The summed E-state index contributed by atoms with van der Waals surface area (Å²) in [6.07, 6.45) is 2.24. The largest absolute Gasteiger partial charge is 0.187 e. The van der Waals surface area contributed by atoms with E-state index in [1.54, 1.807) is 4.79 Å². The standard InChI is InChI=1S/C10H13N4/c1-2-3-8-11-14-10-7-5-4-6-9(10)12-13-14/h4-7H,2-3,8H2,1H3. The second-order valence-corrected chi connectivity index (χ2v) is 3.19. The Morgan fingerprint density at radius 3 is 3.07 bits per heavy atom. The minimum Gasteiger partial charge on any atom is -0.187 e. The summed E-state index contributed by atoms with van der Waals surface area (Å²) in [5.74, 6) is 0. The summed E-state index contributed by atoms with van der Waals surface area (Å²) in [5.41, 5.74) is 6.20. The molecule has 0 spiro atoms. The highest BCUT2D eigenvalue weighted by Gasteiger charge is 2.02. The highest BCUT2D eigenvalue weighted by Crippen LogP contribution is 2.07. The third-order valence-corrected chi connectivity index (χ3v) is 2.08. The van der Waals surface area contributed by atoms with Crippen molar-refractivity contribution in [3.63, 3.8) is 0 Å². The molecular weight excluding hydrogens is 176 g/mol. The Balaban J connectivity index is 2.17. The van der Waals surface area contributed by atoms with Crippen molar-refractivity contribution in [1.29, 1.82) is 0 Å². The van der Waals surface area contributed by atoms with Gasteiger partial charge in [-0.2, -0.15) is 5.43 Å². The fourth-order valence-corrected chi connectivity index (χ4v) is 1.28. The van der Waals surface area contributed by atoms with Gasteiger partial charge in [-0.05, 0) is 23.8 Å². The van der Waals surface area contributed by atoms with Crippen molar-refractivity contribution in [3.05, 3.63) is 24.3 Å².